The number of barbiturate groups is 1. The van der Waals surface area contributed by atoms with Crippen molar-refractivity contribution >= 4 is 39.9 Å². The number of aromatic hydroxyl groups is 1. The van der Waals surface area contributed by atoms with Crippen LogP contribution in [0.2, 0.25) is 0 Å². The molecule has 26 heavy (non-hydrogen) atoms. The number of methoxy groups -OCH3 is 1. The normalized spacial score (nSPS) is 16.2. The third kappa shape index (κ3) is 3.33. The minimum atomic E-state index is -0.821. The average Bonchev–Trinajstić information content (AvgIpc) is 3.11. The number of imide groups is 2. The number of ether oxygens (including phenoxy) is 1. The van der Waals surface area contributed by atoms with Crippen LogP contribution in [0.4, 0.5) is 4.79 Å². The summed E-state index contributed by atoms with van der Waals surface area (Å²) in [6.07, 6.45) is 2.73. The molecule has 1 aliphatic heterocycles. The fraction of sp³-hybridized carbons (Fsp3) is 0.118. The number of nitrogens with one attached hydrogen (secondary N) is 1. The number of furan rings is 1. The van der Waals surface area contributed by atoms with E-state index in [1.807, 2.05) is 0 Å². The Morgan fingerprint density at radius 2 is 2.12 bits per heavy atom. The Hall–Kier alpha value is -3.07. The zero-order valence-corrected chi connectivity index (χ0v) is 15.1. The Morgan fingerprint density at radius 3 is 2.77 bits per heavy atom. The van der Waals surface area contributed by atoms with Crippen molar-refractivity contribution in [3.8, 4) is 11.5 Å². The van der Waals surface area contributed by atoms with Crippen LogP contribution in [-0.4, -0.2) is 35.0 Å². The topological polar surface area (TPSA) is 109 Å². The van der Waals surface area contributed by atoms with E-state index in [1.54, 1.807) is 12.1 Å². The summed E-state index contributed by atoms with van der Waals surface area (Å²) in [4.78, 5) is 37.6. The molecule has 1 fully saturated rings. The van der Waals surface area contributed by atoms with Gasteiger partial charge in [0.15, 0.2) is 11.5 Å². The van der Waals surface area contributed by atoms with E-state index in [4.69, 9.17) is 9.15 Å². The quantitative estimate of drug-likeness (QED) is 0.580. The molecule has 0 bridgehead atoms. The van der Waals surface area contributed by atoms with Gasteiger partial charge in [0.2, 0.25) is 0 Å². The van der Waals surface area contributed by atoms with Crippen molar-refractivity contribution in [1.29, 1.82) is 0 Å². The fourth-order valence-corrected chi connectivity index (χ4v) is 2.86. The van der Waals surface area contributed by atoms with Crippen molar-refractivity contribution in [2.24, 2.45) is 0 Å². The van der Waals surface area contributed by atoms with Crippen molar-refractivity contribution in [3.05, 3.63) is 51.9 Å². The Labute approximate surface area is 156 Å². The highest BCUT2D eigenvalue weighted by atomic mass is 79.9. The predicted octanol–water partition coefficient (Wildman–Crippen LogP) is 2.42. The van der Waals surface area contributed by atoms with Gasteiger partial charge in [-0.1, -0.05) is 0 Å². The second-order valence-corrected chi connectivity index (χ2v) is 6.20. The summed E-state index contributed by atoms with van der Waals surface area (Å²) < 4.78 is 10.5. The number of hydrogen-bond donors (Lipinski definition) is 2. The molecule has 4 amide bonds. The van der Waals surface area contributed by atoms with Crippen molar-refractivity contribution in [3.63, 3.8) is 0 Å². The van der Waals surface area contributed by atoms with Crippen LogP contribution in [0.15, 0.2) is 45.0 Å². The van der Waals surface area contributed by atoms with Crippen molar-refractivity contribution in [2.75, 3.05) is 7.11 Å². The lowest BCUT2D eigenvalue weighted by atomic mass is 10.1. The highest BCUT2D eigenvalue weighted by Gasteiger charge is 2.36. The first-order valence-corrected chi connectivity index (χ1v) is 8.17. The van der Waals surface area contributed by atoms with Crippen LogP contribution in [0.5, 0.6) is 11.5 Å². The van der Waals surface area contributed by atoms with E-state index in [1.165, 1.54) is 31.6 Å². The first-order valence-electron chi connectivity index (χ1n) is 7.38. The smallest absolute Gasteiger partial charge is 0.331 e. The zero-order chi connectivity index (χ0) is 18.8. The van der Waals surface area contributed by atoms with Gasteiger partial charge in [0.25, 0.3) is 11.8 Å². The Kier molecular flexibility index (Phi) is 4.81. The van der Waals surface area contributed by atoms with Crippen LogP contribution >= 0.6 is 15.9 Å². The lowest BCUT2D eigenvalue weighted by Crippen LogP contribution is -2.53. The number of hydrogen-bond acceptors (Lipinski definition) is 6. The largest absolute Gasteiger partial charge is 0.503 e. The van der Waals surface area contributed by atoms with Crippen LogP contribution in [0.3, 0.4) is 0 Å². The number of carbonyl (C=O) groups excluding carboxylic acids is 3. The van der Waals surface area contributed by atoms with Gasteiger partial charge in [0.1, 0.15) is 11.3 Å². The summed E-state index contributed by atoms with van der Waals surface area (Å²) in [5.41, 5.74) is 0.202. The summed E-state index contributed by atoms with van der Waals surface area (Å²) >= 11 is 3.17. The fourth-order valence-electron chi connectivity index (χ4n) is 2.40. The molecular weight excluding hydrogens is 408 g/mol. The highest BCUT2D eigenvalue weighted by Crippen LogP contribution is 2.36. The van der Waals surface area contributed by atoms with Crippen LogP contribution in [0.1, 0.15) is 11.3 Å². The third-order valence-electron chi connectivity index (χ3n) is 3.66. The molecular formula is C17H13BrN2O6. The Balaban J connectivity index is 1.96. The molecule has 1 aliphatic rings. The lowest BCUT2D eigenvalue weighted by molar-refractivity contribution is -0.130. The van der Waals surface area contributed by atoms with Crippen LogP contribution in [0, 0.1) is 0 Å². The van der Waals surface area contributed by atoms with E-state index in [0.717, 1.165) is 4.90 Å². The van der Waals surface area contributed by atoms with Gasteiger partial charge in [-0.25, -0.2) is 4.79 Å². The number of urea groups is 1. The number of nitrogens with zero attached hydrogens (tertiary/aromatic N) is 1. The van der Waals surface area contributed by atoms with Gasteiger partial charge in [-0.15, -0.1) is 0 Å². The number of halogens is 1. The van der Waals surface area contributed by atoms with Gasteiger partial charge in [-0.2, -0.15) is 0 Å². The molecule has 1 aromatic heterocycles. The van der Waals surface area contributed by atoms with Gasteiger partial charge in [0, 0.05) is 0 Å². The van der Waals surface area contributed by atoms with E-state index in [9.17, 15) is 19.5 Å². The molecule has 0 aliphatic carbocycles. The van der Waals surface area contributed by atoms with E-state index in [0.29, 0.717) is 15.8 Å². The third-order valence-corrected chi connectivity index (χ3v) is 4.27. The van der Waals surface area contributed by atoms with Gasteiger partial charge in [-0.05, 0) is 51.8 Å². The Morgan fingerprint density at radius 1 is 1.35 bits per heavy atom. The number of rotatable bonds is 4. The van der Waals surface area contributed by atoms with Gasteiger partial charge < -0.3 is 14.3 Å². The minimum Gasteiger partial charge on any atom is -0.503 e. The monoisotopic (exact) mass is 420 g/mol. The van der Waals surface area contributed by atoms with Crippen molar-refractivity contribution in [1.82, 2.24) is 10.2 Å². The molecule has 0 saturated carbocycles. The molecule has 1 aromatic carbocycles. The molecule has 2 N–H and O–H groups in total. The van der Waals surface area contributed by atoms with Crippen LogP contribution in [0.25, 0.3) is 6.08 Å². The first kappa shape index (κ1) is 17.7. The molecule has 0 atom stereocenters. The van der Waals surface area contributed by atoms with E-state index >= 15 is 0 Å². The standard InChI is InChI=1S/C17H13BrN2O6/c1-25-13-7-9(6-12(18)14(13)21)5-11-15(22)19-17(24)20(16(11)23)8-10-3-2-4-26-10/h2-7,21H,8H2,1H3,(H,19,22,24)/b11-5+. The predicted molar refractivity (Wildman–Crippen MR) is 93.1 cm³/mol. The van der Waals surface area contributed by atoms with Crippen molar-refractivity contribution < 1.29 is 28.6 Å². The average molecular weight is 421 g/mol. The number of amides is 4. The SMILES string of the molecule is COc1cc(/C=C2\C(=O)NC(=O)N(Cc3ccco3)C2=O)cc(Br)c1O. The summed E-state index contributed by atoms with van der Waals surface area (Å²) in [5.74, 6) is -1.10. The maximum absolute atomic E-state index is 12.6. The molecule has 2 heterocycles. The zero-order valence-electron chi connectivity index (χ0n) is 13.5. The van der Waals surface area contributed by atoms with E-state index < -0.39 is 17.8 Å². The summed E-state index contributed by atoms with van der Waals surface area (Å²) in [6, 6.07) is 5.39. The molecule has 0 spiro atoms. The summed E-state index contributed by atoms with van der Waals surface area (Å²) in [6.45, 7) is -0.106. The molecule has 1 saturated heterocycles. The molecule has 2 aromatic rings. The summed E-state index contributed by atoms with van der Waals surface area (Å²) in [5, 5.41) is 12.0. The van der Waals surface area contributed by atoms with E-state index in [-0.39, 0.29) is 23.6 Å². The molecule has 0 radical (unpaired) electrons. The molecule has 3 rings (SSSR count). The highest BCUT2D eigenvalue weighted by molar-refractivity contribution is 9.10. The number of phenols is 1. The molecule has 0 unspecified atom stereocenters. The van der Waals surface area contributed by atoms with Crippen molar-refractivity contribution in [2.45, 2.75) is 6.54 Å². The first-order chi connectivity index (χ1) is 12.4. The number of phenolic OH excluding ortho intramolecular Hbond substituents is 1. The Bertz CT molecular complexity index is 920. The van der Waals surface area contributed by atoms with Gasteiger partial charge in [0.05, 0.1) is 24.4 Å². The second-order valence-electron chi connectivity index (χ2n) is 5.34. The van der Waals surface area contributed by atoms with Crippen LogP contribution < -0.4 is 10.1 Å². The second kappa shape index (κ2) is 7.04. The maximum Gasteiger partial charge on any atom is 0.331 e. The molecule has 8 nitrogen and oxygen atoms in total. The maximum atomic E-state index is 12.6. The molecule has 134 valence electrons. The summed E-state index contributed by atoms with van der Waals surface area (Å²) in [7, 11) is 1.38. The molecule has 9 heteroatoms. The van der Waals surface area contributed by atoms with Gasteiger partial charge in [-0.3, -0.25) is 19.8 Å². The lowest BCUT2D eigenvalue weighted by Gasteiger charge is -2.25. The minimum absolute atomic E-state index is 0.106. The number of benzene rings is 1. The number of carbonyl (C=O) groups is 3. The van der Waals surface area contributed by atoms with Gasteiger partial charge >= 0.3 is 6.03 Å². The van der Waals surface area contributed by atoms with E-state index in [2.05, 4.69) is 21.2 Å². The van der Waals surface area contributed by atoms with Crippen LogP contribution in [-0.2, 0) is 16.1 Å².